The highest BCUT2D eigenvalue weighted by Crippen LogP contribution is 2.35. The van der Waals surface area contributed by atoms with Crippen LogP contribution in [-0.2, 0) is 25.9 Å². The molecule has 0 amide bonds. The minimum Gasteiger partial charge on any atom is -0.393 e. The van der Waals surface area contributed by atoms with Crippen LogP contribution in [0.4, 0.5) is 5.69 Å². The predicted molar refractivity (Wildman–Crippen MR) is 128 cm³/mol. The van der Waals surface area contributed by atoms with Crippen molar-refractivity contribution in [3.63, 3.8) is 0 Å². The maximum atomic E-state index is 9.76. The Kier molecular flexibility index (Phi) is 6.35. The number of anilines is 1. The molecule has 1 aliphatic carbocycles. The molecule has 162 valence electrons. The molecule has 1 atom stereocenters. The number of aliphatic hydroxyl groups excluding tert-OH is 1. The van der Waals surface area contributed by atoms with E-state index in [1.165, 1.54) is 38.8 Å². The number of aromatic nitrogens is 1. The Morgan fingerprint density at radius 1 is 1.00 bits per heavy atom. The molecule has 0 radical (unpaired) electrons. The van der Waals surface area contributed by atoms with Gasteiger partial charge in [0.15, 0.2) is 0 Å². The van der Waals surface area contributed by atoms with Crippen molar-refractivity contribution in [2.45, 2.75) is 57.2 Å². The molecule has 2 N–H and O–H groups in total. The van der Waals surface area contributed by atoms with E-state index in [9.17, 15) is 5.11 Å². The van der Waals surface area contributed by atoms with Crippen LogP contribution in [0.15, 0.2) is 54.6 Å². The van der Waals surface area contributed by atoms with Crippen LogP contribution in [0.25, 0.3) is 0 Å². The van der Waals surface area contributed by atoms with Gasteiger partial charge in [0.2, 0.25) is 0 Å². The zero-order valence-electron chi connectivity index (χ0n) is 18.0. The van der Waals surface area contributed by atoms with Gasteiger partial charge >= 0.3 is 0 Å². The summed E-state index contributed by atoms with van der Waals surface area (Å²) in [7, 11) is 0. The lowest BCUT2D eigenvalue weighted by atomic mass is 9.85. The first-order chi connectivity index (χ1) is 15.2. The van der Waals surface area contributed by atoms with Crippen LogP contribution in [0.3, 0.4) is 0 Å². The summed E-state index contributed by atoms with van der Waals surface area (Å²) in [5.74, 6) is 0.624. The third kappa shape index (κ3) is 5.00. The SMILES string of the molecule is OC1CCN(Cc2ccccc2NCc2nc3c(s2)CC(c2ccccc2)CC3)CC1. The van der Waals surface area contributed by atoms with Crippen molar-refractivity contribution in [2.24, 2.45) is 0 Å². The van der Waals surface area contributed by atoms with Gasteiger partial charge < -0.3 is 10.4 Å². The summed E-state index contributed by atoms with van der Waals surface area (Å²) in [6, 6.07) is 19.5. The van der Waals surface area contributed by atoms with E-state index in [0.717, 1.165) is 51.9 Å². The third-order valence-electron chi connectivity index (χ3n) is 6.65. The van der Waals surface area contributed by atoms with Crippen LogP contribution in [-0.4, -0.2) is 34.2 Å². The van der Waals surface area contributed by atoms with Gasteiger partial charge in [0, 0.05) is 30.2 Å². The largest absolute Gasteiger partial charge is 0.393 e. The first-order valence-corrected chi connectivity index (χ1v) is 12.3. The normalized spacial score (nSPS) is 19.8. The molecule has 1 aliphatic heterocycles. The average Bonchev–Trinajstić information content (AvgIpc) is 3.23. The van der Waals surface area contributed by atoms with Gasteiger partial charge in [-0.15, -0.1) is 11.3 Å². The molecular formula is C26H31N3OS. The number of hydrogen-bond donors (Lipinski definition) is 2. The summed E-state index contributed by atoms with van der Waals surface area (Å²) in [6.45, 7) is 3.65. The Balaban J connectivity index is 1.22. The van der Waals surface area contributed by atoms with Crippen LogP contribution in [0, 0.1) is 0 Å². The Hall–Kier alpha value is -2.21. The average molecular weight is 434 g/mol. The molecule has 1 fully saturated rings. The second-order valence-electron chi connectivity index (χ2n) is 8.85. The van der Waals surface area contributed by atoms with Crippen molar-refractivity contribution in [2.75, 3.05) is 18.4 Å². The summed E-state index contributed by atoms with van der Waals surface area (Å²) < 4.78 is 0. The maximum absolute atomic E-state index is 9.76. The number of hydrogen-bond acceptors (Lipinski definition) is 5. The van der Waals surface area contributed by atoms with Crippen molar-refractivity contribution < 1.29 is 5.11 Å². The standard InChI is InChI=1S/C26H31N3OS/c30-22-12-14-29(15-13-22)18-21-8-4-5-9-23(21)27-17-26-28-24-11-10-20(16-25(24)31-26)19-6-2-1-3-7-19/h1-9,20,22,27,30H,10-18H2. The second kappa shape index (κ2) is 9.51. The van der Waals surface area contributed by atoms with E-state index in [1.807, 2.05) is 11.3 Å². The van der Waals surface area contributed by atoms with Gasteiger partial charge in [-0.25, -0.2) is 4.98 Å². The second-order valence-corrected chi connectivity index (χ2v) is 10.0. The van der Waals surface area contributed by atoms with E-state index < -0.39 is 0 Å². The first kappa shape index (κ1) is 20.7. The fourth-order valence-corrected chi connectivity index (χ4v) is 5.97. The Labute approximate surface area is 189 Å². The van der Waals surface area contributed by atoms with Crippen molar-refractivity contribution in [1.29, 1.82) is 0 Å². The molecule has 1 saturated heterocycles. The Bertz CT molecular complexity index is 995. The molecule has 5 heteroatoms. The lowest BCUT2D eigenvalue weighted by molar-refractivity contribution is 0.0793. The molecule has 1 aromatic heterocycles. The van der Waals surface area contributed by atoms with Gasteiger partial charge in [-0.1, -0.05) is 48.5 Å². The number of rotatable bonds is 6. The number of nitrogens with zero attached hydrogens (tertiary/aromatic N) is 2. The summed E-state index contributed by atoms with van der Waals surface area (Å²) in [6.07, 6.45) is 5.04. The quantitative estimate of drug-likeness (QED) is 0.575. The summed E-state index contributed by atoms with van der Waals surface area (Å²) in [5.41, 5.74) is 5.29. The highest BCUT2D eigenvalue weighted by molar-refractivity contribution is 7.11. The van der Waals surface area contributed by atoms with E-state index in [4.69, 9.17) is 4.98 Å². The molecule has 1 unspecified atom stereocenters. The molecule has 31 heavy (non-hydrogen) atoms. The van der Waals surface area contributed by atoms with Crippen molar-refractivity contribution in [1.82, 2.24) is 9.88 Å². The number of nitrogens with one attached hydrogen (secondary N) is 1. The van der Waals surface area contributed by atoms with Crippen LogP contribution < -0.4 is 5.32 Å². The van der Waals surface area contributed by atoms with Gasteiger partial charge in [-0.2, -0.15) is 0 Å². The number of thiazole rings is 1. The lowest BCUT2D eigenvalue weighted by Gasteiger charge is -2.30. The van der Waals surface area contributed by atoms with Crippen LogP contribution in [0.1, 0.15) is 51.9 Å². The Morgan fingerprint density at radius 2 is 1.77 bits per heavy atom. The zero-order valence-corrected chi connectivity index (χ0v) is 18.8. The number of aliphatic hydroxyl groups is 1. The van der Waals surface area contributed by atoms with E-state index in [-0.39, 0.29) is 6.10 Å². The van der Waals surface area contributed by atoms with E-state index >= 15 is 0 Å². The summed E-state index contributed by atoms with van der Waals surface area (Å²) in [4.78, 5) is 8.88. The van der Waals surface area contributed by atoms with Crippen LogP contribution in [0.2, 0.25) is 0 Å². The smallest absolute Gasteiger partial charge is 0.112 e. The molecule has 0 bridgehead atoms. The predicted octanol–water partition coefficient (Wildman–Crippen LogP) is 4.98. The lowest BCUT2D eigenvalue weighted by Crippen LogP contribution is -2.35. The van der Waals surface area contributed by atoms with Gasteiger partial charge in [0.1, 0.15) is 5.01 Å². The zero-order chi connectivity index (χ0) is 21.0. The van der Waals surface area contributed by atoms with Gasteiger partial charge in [0.25, 0.3) is 0 Å². The van der Waals surface area contributed by atoms with Gasteiger partial charge in [-0.05, 0) is 55.2 Å². The number of para-hydroxylation sites is 1. The van der Waals surface area contributed by atoms with E-state index in [0.29, 0.717) is 5.92 Å². The highest BCUT2D eigenvalue weighted by atomic mass is 32.1. The fraction of sp³-hybridized carbons (Fsp3) is 0.423. The van der Waals surface area contributed by atoms with Crippen LogP contribution >= 0.6 is 11.3 Å². The van der Waals surface area contributed by atoms with Gasteiger partial charge in [0.05, 0.1) is 18.3 Å². The number of piperidine rings is 1. The van der Waals surface area contributed by atoms with E-state index in [1.54, 1.807) is 0 Å². The highest BCUT2D eigenvalue weighted by Gasteiger charge is 2.24. The summed E-state index contributed by atoms with van der Waals surface area (Å²) in [5, 5.41) is 14.6. The van der Waals surface area contributed by atoms with Crippen molar-refractivity contribution >= 4 is 17.0 Å². The number of fused-ring (bicyclic) bond motifs is 1. The minimum atomic E-state index is -0.123. The topological polar surface area (TPSA) is 48.4 Å². The monoisotopic (exact) mass is 433 g/mol. The number of aryl methyl sites for hydroxylation is 1. The molecule has 2 heterocycles. The summed E-state index contributed by atoms with van der Waals surface area (Å²) >= 11 is 1.88. The first-order valence-electron chi connectivity index (χ1n) is 11.5. The van der Waals surface area contributed by atoms with E-state index in [2.05, 4.69) is 64.8 Å². The fourth-order valence-electron chi connectivity index (χ4n) is 4.83. The number of likely N-dealkylation sites (tertiary alicyclic amines) is 1. The van der Waals surface area contributed by atoms with Crippen molar-refractivity contribution in [3.05, 3.63) is 81.3 Å². The molecule has 0 spiro atoms. The molecular weight excluding hydrogens is 402 g/mol. The maximum Gasteiger partial charge on any atom is 0.112 e. The molecule has 2 aliphatic rings. The molecule has 2 aromatic carbocycles. The molecule has 5 rings (SSSR count). The molecule has 3 aromatic rings. The molecule has 0 saturated carbocycles. The van der Waals surface area contributed by atoms with Gasteiger partial charge in [-0.3, -0.25) is 4.90 Å². The number of benzene rings is 2. The van der Waals surface area contributed by atoms with Crippen LogP contribution in [0.5, 0.6) is 0 Å². The molecule has 4 nitrogen and oxygen atoms in total. The minimum absolute atomic E-state index is 0.123. The Morgan fingerprint density at radius 3 is 2.61 bits per heavy atom. The third-order valence-corrected chi connectivity index (χ3v) is 7.77. The van der Waals surface area contributed by atoms with Crippen molar-refractivity contribution in [3.8, 4) is 0 Å².